The van der Waals surface area contributed by atoms with E-state index in [1.165, 1.54) is 31.3 Å². The predicted octanol–water partition coefficient (Wildman–Crippen LogP) is 5.91. The zero-order valence-corrected chi connectivity index (χ0v) is 21.2. The molecule has 0 aliphatic carbocycles. The molecule has 1 atom stereocenters. The second kappa shape index (κ2) is 10.9. The van der Waals surface area contributed by atoms with Crippen LogP contribution in [0.1, 0.15) is 30.5 Å². The highest BCUT2D eigenvalue weighted by molar-refractivity contribution is 6.51. The molecule has 1 unspecified atom stereocenters. The van der Waals surface area contributed by atoms with Gasteiger partial charge in [-0.05, 0) is 66.6 Å². The molecular formula is C28H25ClFNO6. The van der Waals surface area contributed by atoms with Crippen molar-refractivity contribution < 1.29 is 33.3 Å². The maximum absolute atomic E-state index is 13.9. The first-order chi connectivity index (χ1) is 17.8. The number of hydrogen-bond acceptors (Lipinski definition) is 6. The molecule has 3 aromatic rings. The minimum atomic E-state index is -1.06. The van der Waals surface area contributed by atoms with Crippen molar-refractivity contribution in [1.29, 1.82) is 0 Å². The maximum atomic E-state index is 13.9. The van der Waals surface area contributed by atoms with Crippen LogP contribution in [0.15, 0.2) is 66.2 Å². The summed E-state index contributed by atoms with van der Waals surface area (Å²) in [6.07, 6.45) is 0.837. The van der Waals surface area contributed by atoms with Crippen LogP contribution in [0.3, 0.4) is 0 Å². The van der Waals surface area contributed by atoms with Crippen LogP contribution in [0.4, 0.5) is 10.1 Å². The van der Waals surface area contributed by atoms with Crippen molar-refractivity contribution in [3.8, 4) is 17.2 Å². The summed E-state index contributed by atoms with van der Waals surface area (Å²) in [6.45, 7) is 2.53. The van der Waals surface area contributed by atoms with Crippen LogP contribution in [0.25, 0.3) is 5.76 Å². The highest BCUT2D eigenvalue weighted by Crippen LogP contribution is 2.44. The lowest BCUT2D eigenvalue weighted by molar-refractivity contribution is -0.132. The summed E-state index contributed by atoms with van der Waals surface area (Å²) in [5.74, 6) is -1.42. The largest absolute Gasteiger partial charge is 0.507 e. The second-order valence-corrected chi connectivity index (χ2v) is 8.66. The number of Topliss-reactive ketones (excluding diaryl/α,β-unsaturated/α-hetero) is 1. The standard InChI is InChI=1S/C28H25ClFNO6/c1-4-13-37-19-9-5-16(6-10-19)26(32)24-25(17-7-12-22(35-2)23(14-17)36-3)31(28(34)27(24)33)18-8-11-21(30)20(29)15-18/h5-12,14-15,25,32H,4,13H2,1-3H3/b26-24+. The van der Waals surface area contributed by atoms with Crippen LogP contribution < -0.4 is 19.1 Å². The normalized spacial score (nSPS) is 16.7. The minimum Gasteiger partial charge on any atom is -0.507 e. The van der Waals surface area contributed by atoms with E-state index in [0.29, 0.717) is 35.0 Å². The Kier molecular flexibility index (Phi) is 7.69. The molecule has 7 nitrogen and oxygen atoms in total. The number of ketones is 1. The number of aliphatic hydroxyl groups is 1. The summed E-state index contributed by atoms with van der Waals surface area (Å²) in [6, 6.07) is 14.1. The van der Waals surface area contributed by atoms with E-state index in [1.54, 1.807) is 42.5 Å². The fraction of sp³-hybridized carbons (Fsp3) is 0.214. The Morgan fingerprint density at radius 3 is 2.32 bits per heavy atom. The quantitative estimate of drug-likeness (QED) is 0.223. The van der Waals surface area contributed by atoms with E-state index in [2.05, 4.69) is 0 Å². The van der Waals surface area contributed by atoms with Gasteiger partial charge in [0.25, 0.3) is 11.7 Å². The number of amides is 1. The molecule has 37 heavy (non-hydrogen) atoms. The van der Waals surface area contributed by atoms with Gasteiger partial charge in [-0.15, -0.1) is 0 Å². The van der Waals surface area contributed by atoms with Crippen molar-refractivity contribution in [1.82, 2.24) is 0 Å². The summed E-state index contributed by atoms with van der Waals surface area (Å²) < 4.78 is 30.2. The van der Waals surface area contributed by atoms with E-state index in [-0.39, 0.29) is 22.0 Å². The number of benzene rings is 3. The molecule has 4 rings (SSSR count). The number of halogens is 2. The Hall–Kier alpha value is -4.04. The topological polar surface area (TPSA) is 85.3 Å². The molecule has 1 amide bonds. The van der Waals surface area contributed by atoms with Crippen molar-refractivity contribution in [3.63, 3.8) is 0 Å². The Balaban J connectivity index is 1.90. The number of hydrogen-bond donors (Lipinski definition) is 1. The number of carbonyl (C=O) groups is 2. The molecule has 0 bridgehead atoms. The van der Waals surface area contributed by atoms with E-state index >= 15 is 0 Å². The van der Waals surface area contributed by atoms with E-state index in [9.17, 15) is 19.1 Å². The molecule has 1 aliphatic rings. The molecule has 1 fully saturated rings. The van der Waals surface area contributed by atoms with Crippen molar-refractivity contribution >= 4 is 34.7 Å². The average molecular weight is 526 g/mol. The molecule has 0 saturated carbocycles. The third-order valence-electron chi connectivity index (χ3n) is 5.95. The Bertz CT molecular complexity index is 1370. The fourth-order valence-electron chi connectivity index (χ4n) is 4.16. The van der Waals surface area contributed by atoms with E-state index < -0.39 is 23.5 Å². The highest BCUT2D eigenvalue weighted by atomic mass is 35.5. The summed E-state index contributed by atoms with van der Waals surface area (Å²) in [7, 11) is 2.94. The Labute approximate surface area is 218 Å². The van der Waals surface area contributed by atoms with E-state index in [0.717, 1.165) is 12.5 Å². The van der Waals surface area contributed by atoms with Crippen LogP contribution in [0.2, 0.25) is 5.02 Å². The third kappa shape index (κ3) is 4.97. The fourth-order valence-corrected chi connectivity index (χ4v) is 4.33. The van der Waals surface area contributed by atoms with Gasteiger partial charge >= 0.3 is 0 Å². The molecular weight excluding hydrogens is 501 g/mol. The van der Waals surface area contributed by atoms with Crippen molar-refractivity contribution in [3.05, 3.63) is 88.2 Å². The van der Waals surface area contributed by atoms with Gasteiger partial charge in [0, 0.05) is 11.3 Å². The van der Waals surface area contributed by atoms with Crippen LogP contribution in [-0.4, -0.2) is 37.6 Å². The second-order valence-electron chi connectivity index (χ2n) is 8.25. The number of nitrogens with zero attached hydrogens (tertiary/aromatic N) is 1. The van der Waals surface area contributed by atoms with Crippen LogP contribution >= 0.6 is 11.6 Å². The Morgan fingerprint density at radius 2 is 1.70 bits per heavy atom. The maximum Gasteiger partial charge on any atom is 0.300 e. The van der Waals surface area contributed by atoms with Gasteiger partial charge in [0.15, 0.2) is 11.5 Å². The summed E-state index contributed by atoms with van der Waals surface area (Å²) >= 11 is 6.00. The number of ether oxygens (including phenoxy) is 3. The summed E-state index contributed by atoms with van der Waals surface area (Å²) in [4.78, 5) is 27.8. The van der Waals surface area contributed by atoms with Crippen LogP contribution in [0, 0.1) is 5.82 Å². The molecule has 1 saturated heterocycles. The first-order valence-corrected chi connectivity index (χ1v) is 11.9. The monoisotopic (exact) mass is 525 g/mol. The molecule has 1 N–H and O–H groups in total. The van der Waals surface area contributed by atoms with Gasteiger partial charge in [-0.2, -0.15) is 0 Å². The van der Waals surface area contributed by atoms with Crippen LogP contribution in [-0.2, 0) is 9.59 Å². The van der Waals surface area contributed by atoms with Gasteiger partial charge in [-0.1, -0.05) is 24.6 Å². The van der Waals surface area contributed by atoms with Gasteiger partial charge in [0.05, 0.1) is 37.5 Å². The lowest BCUT2D eigenvalue weighted by atomic mass is 9.94. The zero-order valence-electron chi connectivity index (χ0n) is 20.5. The summed E-state index contributed by atoms with van der Waals surface area (Å²) in [5, 5.41) is 11.1. The first kappa shape index (κ1) is 26.0. The summed E-state index contributed by atoms with van der Waals surface area (Å²) in [5.41, 5.74) is 0.835. The number of methoxy groups -OCH3 is 2. The third-order valence-corrected chi connectivity index (χ3v) is 6.24. The molecule has 9 heteroatoms. The average Bonchev–Trinajstić information content (AvgIpc) is 3.18. The van der Waals surface area contributed by atoms with Gasteiger partial charge < -0.3 is 19.3 Å². The Morgan fingerprint density at radius 1 is 1.00 bits per heavy atom. The van der Waals surface area contributed by atoms with Crippen molar-refractivity contribution in [2.45, 2.75) is 19.4 Å². The van der Waals surface area contributed by atoms with Crippen molar-refractivity contribution in [2.75, 3.05) is 25.7 Å². The highest BCUT2D eigenvalue weighted by Gasteiger charge is 2.47. The minimum absolute atomic E-state index is 0.139. The van der Waals surface area contributed by atoms with Gasteiger partial charge in [-0.3, -0.25) is 14.5 Å². The van der Waals surface area contributed by atoms with Crippen molar-refractivity contribution in [2.24, 2.45) is 0 Å². The lowest BCUT2D eigenvalue weighted by Gasteiger charge is -2.26. The lowest BCUT2D eigenvalue weighted by Crippen LogP contribution is -2.29. The smallest absolute Gasteiger partial charge is 0.300 e. The molecule has 1 aliphatic heterocycles. The number of rotatable bonds is 8. The molecule has 0 radical (unpaired) electrons. The number of aliphatic hydroxyl groups excluding tert-OH is 1. The molecule has 0 aromatic heterocycles. The SMILES string of the molecule is CCCOc1ccc(/C(O)=C2\C(=O)C(=O)N(c3ccc(F)c(Cl)c3)C2c2ccc(OC)c(OC)c2)cc1. The number of anilines is 1. The molecule has 192 valence electrons. The molecule has 3 aromatic carbocycles. The molecule has 0 spiro atoms. The number of carbonyl (C=O) groups excluding carboxylic acids is 2. The molecule has 1 heterocycles. The van der Waals surface area contributed by atoms with Gasteiger partial charge in [-0.25, -0.2) is 4.39 Å². The zero-order chi connectivity index (χ0) is 26.7. The van der Waals surface area contributed by atoms with Gasteiger partial charge in [0.2, 0.25) is 0 Å². The van der Waals surface area contributed by atoms with Gasteiger partial charge in [0.1, 0.15) is 17.3 Å². The van der Waals surface area contributed by atoms with E-state index in [1.807, 2.05) is 6.92 Å². The van der Waals surface area contributed by atoms with Crippen LogP contribution in [0.5, 0.6) is 17.2 Å². The predicted molar refractivity (Wildman–Crippen MR) is 138 cm³/mol. The first-order valence-electron chi connectivity index (χ1n) is 11.5. The van der Waals surface area contributed by atoms with E-state index in [4.69, 9.17) is 25.8 Å².